The van der Waals surface area contributed by atoms with Gasteiger partial charge in [-0.05, 0) is 63.6 Å². The fraction of sp³-hybridized carbons (Fsp3) is 0.417. The molecule has 0 aliphatic heterocycles. The molecule has 0 bridgehead atoms. The van der Waals surface area contributed by atoms with Crippen LogP contribution in [0.25, 0.3) is 0 Å². The Balaban J connectivity index is 0.00000204. The first-order valence-corrected chi connectivity index (χ1v) is 10.2. The van der Waals surface area contributed by atoms with Crippen molar-refractivity contribution in [2.24, 2.45) is 5.41 Å². The van der Waals surface area contributed by atoms with Crippen molar-refractivity contribution >= 4 is 20.9 Å². The van der Waals surface area contributed by atoms with Crippen LogP contribution in [0.4, 0.5) is 0 Å². The van der Waals surface area contributed by atoms with Crippen molar-refractivity contribution in [1.82, 2.24) is 0 Å². The Bertz CT molecular complexity index is 809. The first-order chi connectivity index (χ1) is 13.7. The second kappa shape index (κ2) is 11.6. The molecule has 0 amide bonds. The number of aliphatic carboxylic acids is 1. The number of aryl methyl sites for hydroxylation is 3. The van der Waals surface area contributed by atoms with Gasteiger partial charge in [0, 0.05) is 12.0 Å². The van der Waals surface area contributed by atoms with E-state index in [0.29, 0.717) is 25.7 Å². The minimum Gasteiger partial charge on any atom is -0.481 e. The molecule has 4 nitrogen and oxygen atoms in total. The molecule has 0 radical (unpaired) electrons. The van der Waals surface area contributed by atoms with Crippen LogP contribution >= 0.6 is 9.12 Å². The first kappa shape index (κ1) is 24.7. The summed E-state index contributed by atoms with van der Waals surface area (Å²) in [6, 6.07) is 13.8. The third kappa shape index (κ3) is 7.21. The smallest absolute Gasteiger partial charge is 0.309 e. The lowest BCUT2D eigenvalue weighted by molar-refractivity contribution is -0.148. The largest absolute Gasteiger partial charge is 0.481 e. The molecule has 0 saturated carbocycles. The van der Waals surface area contributed by atoms with Gasteiger partial charge in [0.2, 0.25) is 0 Å². The summed E-state index contributed by atoms with van der Waals surface area (Å²) in [6.45, 7) is 7.80. The molecule has 0 saturated heterocycles. The monoisotopic (exact) mass is 414 g/mol. The quantitative estimate of drug-likeness (QED) is 0.303. The van der Waals surface area contributed by atoms with Crippen molar-refractivity contribution in [1.29, 1.82) is 0 Å². The van der Waals surface area contributed by atoms with Crippen LogP contribution in [-0.2, 0) is 15.8 Å². The number of Topliss-reactive ketones (excluding diaryl/α,β-unsaturated/α-hetero) is 1. The average molecular weight is 414 g/mol. The van der Waals surface area contributed by atoms with Gasteiger partial charge in [-0.1, -0.05) is 54.4 Å². The lowest BCUT2D eigenvalue weighted by Gasteiger charge is -2.25. The van der Waals surface area contributed by atoms with Crippen LogP contribution in [0.1, 0.15) is 65.2 Å². The molecule has 2 rings (SSSR count). The number of carboxylic acid groups (broad SMARTS) is 1. The summed E-state index contributed by atoms with van der Waals surface area (Å²) in [5, 5.41) is 9.71. The van der Waals surface area contributed by atoms with Gasteiger partial charge in [0.25, 0.3) is 0 Å². The van der Waals surface area contributed by atoms with Gasteiger partial charge in [-0.3, -0.25) is 14.2 Å². The lowest BCUT2D eigenvalue weighted by Crippen LogP contribution is -2.30. The zero-order chi connectivity index (χ0) is 22.0. The van der Waals surface area contributed by atoms with Crippen molar-refractivity contribution < 1.29 is 19.3 Å². The van der Waals surface area contributed by atoms with Gasteiger partial charge in [-0.2, -0.15) is 0 Å². The normalized spacial score (nSPS) is 12.4. The molecule has 1 N–H and O–H groups in total. The van der Waals surface area contributed by atoms with E-state index in [4.69, 9.17) is 4.57 Å². The fourth-order valence-electron chi connectivity index (χ4n) is 3.86. The molecule has 2 aromatic carbocycles. The third-order valence-corrected chi connectivity index (χ3v) is 5.29. The van der Waals surface area contributed by atoms with Gasteiger partial charge >= 0.3 is 5.97 Å². The lowest BCUT2D eigenvalue weighted by atomic mass is 9.79. The van der Waals surface area contributed by atoms with Crippen molar-refractivity contribution in [3.05, 3.63) is 70.3 Å². The molecule has 5 heteroatoms. The Hall–Kier alpha value is -2.32. The second-order valence-corrected chi connectivity index (χ2v) is 7.93. The zero-order valence-electron chi connectivity index (χ0n) is 17.7. The molecule has 29 heavy (non-hydrogen) atoms. The minimum atomic E-state index is -0.805. The van der Waals surface area contributed by atoms with Crippen LogP contribution in [0.15, 0.2) is 42.5 Å². The van der Waals surface area contributed by atoms with Crippen molar-refractivity contribution in [2.45, 2.75) is 59.8 Å². The molecule has 0 heterocycles. The number of hydrogen-bond acceptors (Lipinski definition) is 3. The molecule has 2 aromatic rings. The number of benzene rings is 2. The van der Waals surface area contributed by atoms with Crippen LogP contribution in [-0.4, -0.2) is 16.9 Å². The third-order valence-electron chi connectivity index (χ3n) is 5.29. The topological polar surface area (TPSA) is 71.4 Å². The maximum atomic E-state index is 12.6. The van der Waals surface area contributed by atoms with E-state index in [0.717, 1.165) is 28.7 Å². The Labute approximate surface area is 176 Å². The van der Waals surface area contributed by atoms with Crippen LogP contribution in [0.5, 0.6) is 0 Å². The van der Waals surface area contributed by atoms with Crippen LogP contribution < -0.4 is 0 Å². The van der Waals surface area contributed by atoms with E-state index >= 15 is 0 Å². The molecule has 0 aliphatic carbocycles. The molecular weight excluding hydrogens is 383 g/mol. The summed E-state index contributed by atoms with van der Waals surface area (Å²) in [5.74, 6) is -0.618. The zero-order valence-corrected chi connectivity index (χ0v) is 18.7. The van der Waals surface area contributed by atoms with Crippen molar-refractivity contribution in [2.75, 3.05) is 0 Å². The van der Waals surface area contributed by atoms with Gasteiger partial charge in [-0.15, -0.1) is 0 Å². The van der Waals surface area contributed by atoms with Crippen molar-refractivity contribution in [3.63, 3.8) is 0 Å². The molecule has 156 valence electrons. The molecule has 1 unspecified atom stereocenters. The minimum absolute atomic E-state index is 0.157. The maximum Gasteiger partial charge on any atom is 0.309 e. The highest BCUT2D eigenvalue weighted by Crippen LogP contribution is 2.30. The molecule has 0 spiro atoms. The summed E-state index contributed by atoms with van der Waals surface area (Å²) in [7, 11) is 1.72. The van der Waals surface area contributed by atoms with Crippen LogP contribution in [0.2, 0.25) is 0 Å². The summed E-state index contributed by atoms with van der Waals surface area (Å²) >= 11 is 0. The molecule has 1 atom stereocenters. The van der Waals surface area contributed by atoms with E-state index < -0.39 is 11.4 Å². The number of carbonyl (C=O) groups is 2. The Morgan fingerprint density at radius 2 is 1.52 bits per heavy atom. The highest BCUT2D eigenvalue weighted by Gasteiger charge is 2.32. The number of unbranched alkanes of at least 4 members (excludes halogenated alkanes) is 1. The van der Waals surface area contributed by atoms with Crippen LogP contribution in [0.3, 0.4) is 0 Å². The predicted molar refractivity (Wildman–Crippen MR) is 118 cm³/mol. The highest BCUT2D eigenvalue weighted by atomic mass is 31.0. The summed E-state index contributed by atoms with van der Waals surface area (Å²) in [5.41, 5.74) is 4.27. The molecule has 0 fully saturated rings. The second-order valence-electron chi connectivity index (χ2n) is 7.93. The van der Waals surface area contributed by atoms with Gasteiger partial charge in [-0.25, -0.2) is 0 Å². The number of carboxylic acids is 1. The SMILES string of the molecule is Cc1cc(C)c(C(=O)CCCCC(C)(Cc2ccccc2)C(=O)O)c(C)c1.O=P. The number of hydrogen-bond donors (Lipinski definition) is 1. The van der Waals surface area contributed by atoms with E-state index in [9.17, 15) is 14.7 Å². The number of rotatable bonds is 9. The van der Waals surface area contributed by atoms with E-state index in [2.05, 4.69) is 0 Å². The fourth-order valence-corrected chi connectivity index (χ4v) is 3.86. The van der Waals surface area contributed by atoms with Gasteiger partial charge in [0.1, 0.15) is 9.12 Å². The molecule has 0 aromatic heterocycles. The standard InChI is InChI=1S/C24H30O3.HOP/c1-17-14-18(2)22(19(3)15-17)21(25)12-8-9-13-24(4,23(26)27)16-20-10-6-5-7-11-20;1-2/h5-7,10-11,14-15H,8-9,12-13,16H2,1-4H3,(H,26,27);2H. The van der Waals surface area contributed by atoms with E-state index in [1.54, 1.807) is 16.0 Å². The Morgan fingerprint density at radius 1 is 0.966 bits per heavy atom. The summed E-state index contributed by atoms with van der Waals surface area (Å²) in [6.07, 6.45) is 2.98. The summed E-state index contributed by atoms with van der Waals surface area (Å²) < 4.78 is 8.06. The maximum absolute atomic E-state index is 12.6. The summed E-state index contributed by atoms with van der Waals surface area (Å²) in [4.78, 5) is 24.5. The molecular formula is C24H31O4P. The van der Waals surface area contributed by atoms with Gasteiger partial charge in [0.15, 0.2) is 5.78 Å². The van der Waals surface area contributed by atoms with Gasteiger partial charge in [0.05, 0.1) is 5.41 Å². The van der Waals surface area contributed by atoms with Gasteiger partial charge < -0.3 is 5.11 Å². The van der Waals surface area contributed by atoms with E-state index in [-0.39, 0.29) is 5.78 Å². The highest BCUT2D eigenvalue weighted by molar-refractivity contribution is 7.00. The Kier molecular flexibility index (Phi) is 9.91. The van der Waals surface area contributed by atoms with E-state index in [1.807, 2.05) is 63.2 Å². The first-order valence-electron chi connectivity index (χ1n) is 9.82. The van der Waals surface area contributed by atoms with Crippen LogP contribution in [0, 0.1) is 26.2 Å². The number of carbonyl (C=O) groups excluding carboxylic acids is 1. The average Bonchev–Trinajstić information content (AvgIpc) is 2.67. The molecule has 0 aliphatic rings. The predicted octanol–water partition coefficient (Wildman–Crippen LogP) is 6.16. The number of ketones is 1. The Morgan fingerprint density at radius 3 is 2.03 bits per heavy atom. The van der Waals surface area contributed by atoms with Crippen molar-refractivity contribution in [3.8, 4) is 0 Å². The van der Waals surface area contributed by atoms with E-state index in [1.165, 1.54) is 5.56 Å².